The molecule has 0 N–H and O–H groups in total. The second-order valence-electron chi connectivity index (χ2n) is 13.5. The van der Waals surface area contributed by atoms with Gasteiger partial charge in [-0.1, -0.05) is 105 Å². The molecule has 3 aromatic heterocycles. The van der Waals surface area contributed by atoms with Gasteiger partial charge in [0.1, 0.15) is 11.4 Å². The predicted molar refractivity (Wildman–Crippen MR) is 217 cm³/mol. The molecule has 0 saturated carbocycles. The summed E-state index contributed by atoms with van der Waals surface area (Å²) in [5.41, 5.74) is 2.17. The van der Waals surface area contributed by atoms with E-state index in [0.717, 1.165) is 11.8 Å². The average molecular weight is 902 g/mol. The monoisotopic (exact) mass is 902 g/mol. The quantitative estimate of drug-likeness (QED) is 0.162. The molecule has 0 fully saturated rings. The minimum atomic E-state index is -2.83. The van der Waals surface area contributed by atoms with Gasteiger partial charge in [0.2, 0.25) is 0 Å². The summed E-state index contributed by atoms with van der Waals surface area (Å²) in [5, 5.41) is 0.693. The maximum atomic E-state index is 15.4. The summed E-state index contributed by atoms with van der Waals surface area (Å²) in [5.74, 6) is -0.497. The smallest absolute Gasteiger partial charge is 0.133 e. The minimum absolute atomic E-state index is 0. The number of nitrogens with zero attached hydrogens (tertiary/aromatic N) is 2. The van der Waals surface area contributed by atoms with Crippen LogP contribution in [0.5, 0.6) is 0 Å². The molecular formula is C49H43FIrN2O-2. The molecule has 0 unspecified atom stereocenters. The number of aromatic nitrogens is 2. The summed E-state index contributed by atoms with van der Waals surface area (Å²) in [6.07, 6.45) is 0.402. The van der Waals surface area contributed by atoms with Gasteiger partial charge < -0.3 is 14.4 Å². The second kappa shape index (κ2) is 16.0. The summed E-state index contributed by atoms with van der Waals surface area (Å²) in [6, 6.07) is 32.6. The molecule has 5 aromatic carbocycles. The fourth-order valence-corrected chi connectivity index (χ4v) is 6.00. The van der Waals surface area contributed by atoms with E-state index in [0.29, 0.717) is 27.8 Å². The molecule has 0 spiro atoms. The fraction of sp³-hybridized carbons (Fsp3) is 0.184. The first-order valence-corrected chi connectivity index (χ1v) is 16.8. The Morgan fingerprint density at radius 3 is 2.26 bits per heavy atom. The van der Waals surface area contributed by atoms with E-state index in [2.05, 4.69) is 22.1 Å². The van der Waals surface area contributed by atoms with Crippen LogP contribution in [0.25, 0.3) is 66.7 Å². The van der Waals surface area contributed by atoms with Crippen LogP contribution in [-0.2, 0) is 26.5 Å². The Morgan fingerprint density at radius 1 is 0.759 bits per heavy atom. The summed E-state index contributed by atoms with van der Waals surface area (Å²) in [7, 11) is 0. The van der Waals surface area contributed by atoms with Crippen LogP contribution in [0, 0.1) is 50.8 Å². The van der Waals surface area contributed by atoms with E-state index < -0.39 is 45.0 Å². The number of furan rings is 1. The van der Waals surface area contributed by atoms with Gasteiger partial charge in [0.15, 0.2) is 0 Å². The number of hydrogen-bond donors (Lipinski definition) is 0. The molecule has 0 aliphatic heterocycles. The van der Waals surface area contributed by atoms with Gasteiger partial charge in [-0.2, -0.15) is 0 Å². The van der Waals surface area contributed by atoms with Crippen LogP contribution in [-0.4, -0.2) is 9.97 Å². The number of aryl methyl sites for hydroxylation is 4. The Morgan fingerprint density at radius 2 is 1.56 bits per heavy atom. The molecular weight excluding hydrogens is 844 g/mol. The topological polar surface area (TPSA) is 38.9 Å². The first-order valence-electron chi connectivity index (χ1n) is 24.3. The van der Waals surface area contributed by atoms with Crippen LogP contribution in [0.3, 0.4) is 0 Å². The normalized spacial score (nSPS) is 16.6. The molecule has 0 atom stereocenters. The molecule has 8 aromatic rings. The zero-order chi connectivity index (χ0) is 49.9. The molecule has 0 aliphatic carbocycles. The third-order valence-electron chi connectivity index (χ3n) is 8.36. The molecule has 3 heterocycles. The fourth-order valence-electron chi connectivity index (χ4n) is 6.00. The molecule has 54 heavy (non-hydrogen) atoms. The van der Waals surface area contributed by atoms with Crippen molar-refractivity contribution in [2.45, 2.75) is 54.6 Å². The van der Waals surface area contributed by atoms with Gasteiger partial charge in [-0.15, -0.1) is 53.6 Å². The van der Waals surface area contributed by atoms with Crippen molar-refractivity contribution < 1.29 is 49.5 Å². The van der Waals surface area contributed by atoms with Crippen molar-refractivity contribution in [3.8, 4) is 44.8 Å². The molecule has 273 valence electrons. The average Bonchev–Trinajstić information content (AvgIpc) is 3.66. The number of pyridine rings is 2. The van der Waals surface area contributed by atoms with E-state index in [1.165, 1.54) is 48.7 Å². The third kappa shape index (κ3) is 8.29. The van der Waals surface area contributed by atoms with Crippen molar-refractivity contribution >= 4 is 21.9 Å². The molecule has 8 rings (SSSR count). The Labute approximate surface area is 352 Å². The van der Waals surface area contributed by atoms with E-state index in [9.17, 15) is 0 Å². The van der Waals surface area contributed by atoms with Crippen molar-refractivity contribution in [3.63, 3.8) is 0 Å². The van der Waals surface area contributed by atoms with Crippen LogP contribution < -0.4 is 0 Å². The van der Waals surface area contributed by atoms with E-state index in [1.807, 2.05) is 30.3 Å². The van der Waals surface area contributed by atoms with E-state index in [1.54, 1.807) is 51.1 Å². The molecule has 0 amide bonds. The van der Waals surface area contributed by atoms with Crippen LogP contribution in [0.2, 0.25) is 0 Å². The summed E-state index contributed by atoms with van der Waals surface area (Å²) >= 11 is 0. The maximum Gasteiger partial charge on any atom is 0.133 e. The van der Waals surface area contributed by atoms with Gasteiger partial charge in [0, 0.05) is 62.6 Å². The van der Waals surface area contributed by atoms with Crippen molar-refractivity contribution in [2.24, 2.45) is 5.41 Å². The number of halogens is 1. The zero-order valence-electron chi connectivity index (χ0n) is 44.5. The first-order chi connectivity index (χ1) is 31.5. The largest absolute Gasteiger partial charge is 0.500 e. The van der Waals surface area contributed by atoms with Gasteiger partial charge in [-0.3, -0.25) is 0 Å². The van der Waals surface area contributed by atoms with Gasteiger partial charge in [0.25, 0.3) is 0 Å². The molecule has 0 saturated heterocycles. The van der Waals surface area contributed by atoms with Gasteiger partial charge in [-0.25, -0.2) is 4.39 Å². The van der Waals surface area contributed by atoms with Gasteiger partial charge >= 0.3 is 0 Å². The van der Waals surface area contributed by atoms with Crippen LogP contribution >= 0.6 is 0 Å². The van der Waals surface area contributed by atoms with Gasteiger partial charge in [0.05, 0.1) is 6.95 Å². The second-order valence-corrected chi connectivity index (χ2v) is 13.5. The molecule has 0 aliphatic rings. The van der Waals surface area contributed by atoms with Crippen molar-refractivity contribution in [1.29, 1.82) is 0 Å². The number of fused-ring (bicyclic) bond motifs is 3. The Bertz CT molecular complexity index is 3080. The summed E-state index contributed by atoms with van der Waals surface area (Å²) in [6.45, 7) is -4.91. The van der Waals surface area contributed by atoms with Crippen LogP contribution in [0.4, 0.5) is 4.39 Å². The standard InChI is InChI=1S/C36H31FNO.C13H12N.Ir/c1-22-18-24(20-36(3,4)5)14-15-26(22)30-19-32(38-21-23(30)2)28-12-9-13-29-33-31(37)17-16-27(35(33)39-34(28)29)25-10-7-6-8-11-25;1-10-3-6-12(7-4-10)13-8-5-11(2)9-14-13;/h6-11,13-19,21H,20H2,1-5H3;3-6,8-9H,1-2H3;/q2*-1;/i1D3,2D3,15D,20D2;1D3,2D3;. The maximum absolute atomic E-state index is 15.4. The van der Waals surface area contributed by atoms with Crippen molar-refractivity contribution in [1.82, 2.24) is 9.97 Å². The zero-order valence-corrected chi connectivity index (χ0v) is 31.9. The number of hydrogen-bond acceptors (Lipinski definition) is 3. The predicted octanol–water partition coefficient (Wildman–Crippen LogP) is 13.3. The Balaban J connectivity index is 0.000000312. The number of benzene rings is 5. The minimum Gasteiger partial charge on any atom is -0.500 e. The molecule has 1 radical (unpaired) electrons. The number of rotatable bonds is 5. The Hall–Kier alpha value is -5.22. The van der Waals surface area contributed by atoms with Crippen molar-refractivity contribution in [3.05, 3.63) is 167 Å². The van der Waals surface area contributed by atoms with Crippen LogP contribution in [0.1, 0.15) is 69.1 Å². The van der Waals surface area contributed by atoms with E-state index in [-0.39, 0.29) is 87.3 Å². The van der Waals surface area contributed by atoms with Crippen molar-refractivity contribution in [2.75, 3.05) is 0 Å². The summed E-state index contributed by atoms with van der Waals surface area (Å²) < 4.78 is 142. The SMILES string of the molecule is [2H]C([2H])([2H])c1c[c-]c(-c2ccc(C([2H])([2H])[2H])cn2)cc1.[2H]c1cc(C([2H])([2H])C(C)(C)C)cc(C([2H])([2H])[2H])c1-c1cc(-c2[c-]ccc3c2oc2c(-c4ccccc4)ccc(F)c23)ncc1C([2H])([2H])[2H].[Ir]. The summed E-state index contributed by atoms with van der Waals surface area (Å²) in [4.78, 5) is 8.50. The van der Waals surface area contributed by atoms with Gasteiger partial charge in [-0.05, 0) is 94.8 Å². The molecule has 3 nitrogen and oxygen atoms in total. The van der Waals surface area contributed by atoms with E-state index in [4.69, 9.17) is 25.0 Å². The first kappa shape index (κ1) is 23.5. The van der Waals surface area contributed by atoms with E-state index >= 15 is 4.39 Å². The Kier molecular flexibility index (Phi) is 6.98. The molecule has 5 heteroatoms. The third-order valence-corrected chi connectivity index (χ3v) is 8.36. The van der Waals surface area contributed by atoms with Crippen LogP contribution in [0.15, 0.2) is 126 Å². The molecule has 0 bridgehead atoms.